The van der Waals surface area contributed by atoms with E-state index in [4.69, 9.17) is 33.7 Å². The molecule has 7 heteroatoms. The molecule has 0 amide bonds. The number of benzene rings is 1. The topological polar surface area (TPSA) is 60.0 Å². The quantitative estimate of drug-likeness (QED) is 0.801. The number of halogens is 2. The third-order valence-electron chi connectivity index (χ3n) is 3.61. The molecule has 0 radical (unpaired) electrons. The third kappa shape index (κ3) is 3.61. The summed E-state index contributed by atoms with van der Waals surface area (Å²) in [6, 6.07) is 3.57. The monoisotopic (exact) mass is 332 g/mol. The fraction of sp³-hybridized carbons (Fsp3) is 0.500. The van der Waals surface area contributed by atoms with Crippen LogP contribution in [0.25, 0.3) is 0 Å². The minimum atomic E-state index is -0.327. The predicted octanol–water partition coefficient (Wildman–Crippen LogP) is 0.812. The number of hydrogen-bond acceptors (Lipinski definition) is 4. The van der Waals surface area contributed by atoms with Gasteiger partial charge in [-0.25, -0.2) is 4.79 Å². The summed E-state index contributed by atoms with van der Waals surface area (Å²) in [7, 11) is 0. The molecule has 1 aliphatic rings. The summed E-state index contributed by atoms with van der Waals surface area (Å²) >= 11 is 12.3. The van der Waals surface area contributed by atoms with Crippen LogP contribution in [-0.4, -0.2) is 38.5 Å². The van der Waals surface area contributed by atoms with Crippen molar-refractivity contribution in [2.24, 2.45) is 5.73 Å². The van der Waals surface area contributed by atoms with Crippen molar-refractivity contribution in [1.29, 1.82) is 0 Å². The second-order valence-electron chi connectivity index (χ2n) is 5.08. The smallest absolute Gasteiger partial charge is 0.361 e. The molecule has 0 spiro atoms. The number of aryl methyl sites for hydroxylation is 1. The first-order valence-electron chi connectivity index (χ1n) is 6.92. The van der Waals surface area contributed by atoms with Gasteiger partial charge in [0.25, 0.3) is 0 Å². The Morgan fingerprint density at radius 2 is 2.24 bits per heavy atom. The highest BCUT2D eigenvalue weighted by molar-refractivity contribution is 6.36. The van der Waals surface area contributed by atoms with Crippen LogP contribution in [0.4, 0.5) is 5.69 Å². The molecule has 0 saturated carbocycles. The molecule has 1 heterocycles. The summed E-state index contributed by atoms with van der Waals surface area (Å²) in [5.41, 5.74) is 8.12. The number of rotatable bonds is 4. The lowest BCUT2D eigenvalue weighted by Crippen LogP contribution is -3.17. The van der Waals surface area contributed by atoms with Crippen molar-refractivity contribution >= 4 is 34.9 Å². The molecular weight excluding hydrogens is 313 g/mol. The predicted molar refractivity (Wildman–Crippen MR) is 83.9 cm³/mol. The molecule has 0 aliphatic carbocycles. The summed E-state index contributed by atoms with van der Waals surface area (Å²) in [6.45, 7) is 5.88. The van der Waals surface area contributed by atoms with Crippen LogP contribution in [0, 0.1) is 6.92 Å². The first kappa shape index (κ1) is 16.4. The highest BCUT2D eigenvalue weighted by atomic mass is 35.5. The van der Waals surface area contributed by atoms with Crippen LogP contribution in [0.3, 0.4) is 0 Å². The highest BCUT2D eigenvalue weighted by Crippen LogP contribution is 2.33. The lowest BCUT2D eigenvalue weighted by atomic mass is 10.2. The average Bonchev–Trinajstić information content (AvgIpc) is 2.71. The zero-order valence-corrected chi connectivity index (χ0v) is 13.7. The number of quaternary nitrogens is 1. The van der Waals surface area contributed by atoms with Crippen LogP contribution in [0.15, 0.2) is 12.1 Å². The molecule has 0 aromatic heterocycles. The zero-order valence-electron chi connectivity index (χ0n) is 12.2. The van der Waals surface area contributed by atoms with Gasteiger partial charge in [0.05, 0.1) is 30.4 Å². The molecule has 2 atom stereocenters. The summed E-state index contributed by atoms with van der Waals surface area (Å²) in [4.78, 5) is 14.6. The van der Waals surface area contributed by atoms with Gasteiger partial charge in [-0.2, -0.15) is 0 Å². The largest absolute Gasteiger partial charge is 0.462 e. The van der Waals surface area contributed by atoms with Gasteiger partial charge in [-0.3, -0.25) is 10.6 Å². The molecule has 1 fully saturated rings. The van der Waals surface area contributed by atoms with Crippen molar-refractivity contribution in [1.82, 2.24) is 0 Å². The van der Waals surface area contributed by atoms with E-state index in [1.807, 2.05) is 17.9 Å². The summed E-state index contributed by atoms with van der Waals surface area (Å²) in [6.07, 6.45) is -0.327. The van der Waals surface area contributed by atoms with E-state index in [1.54, 1.807) is 13.0 Å². The van der Waals surface area contributed by atoms with Gasteiger partial charge in [-0.05, 0) is 31.5 Å². The molecule has 2 unspecified atom stereocenters. The maximum Gasteiger partial charge on any atom is 0.361 e. The Hall–Kier alpha value is -1.01. The molecule has 1 aromatic rings. The number of ether oxygens (including phenoxy) is 1. The van der Waals surface area contributed by atoms with E-state index < -0.39 is 0 Å². The van der Waals surface area contributed by atoms with Crippen molar-refractivity contribution in [2.45, 2.75) is 20.1 Å². The minimum absolute atomic E-state index is 0.233. The van der Waals surface area contributed by atoms with Crippen LogP contribution in [0.5, 0.6) is 0 Å². The Morgan fingerprint density at radius 3 is 2.86 bits per heavy atom. The van der Waals surface area contributed by atoms with E-state index in [1.165, 1.54) is 0 Å². The van der Waals surface area contributed by atoms with Crippen molar-refractivity contribution < 1.29 is 14.4 Å². The Bertz CT molecular complexity index is 516. The second kappa shape index (κ2) is 6.83. The molecule has 116 valence electrons. The van der Waals surface area contributed by atoms with Crippen LogP contribution in [-0.2, 0) is 9.53 Å². The molecule has 1 saturated heterocycles. The Morgan fingerprint density at radius 1 is 1.52 bits per heavy atom. The first-order chi connectivity index (χ1) is 9.93. The van der Waals surface area contributed by atoms with E-state index in [0.29, 0.717) is 16.7 Å². The Labute approximate surface area is 134 Å². The van der Waals surface area contributed by atoms with E-state index >= 15 is 0 Å². The van der Waals surface area contributed by atoms with E-state index in [9.17, 15) is 4.79 Å². The third-order valence-corrected chi connectivity index (χ3v) is 4.12. The number of nitrogens with zero attached hydrogens (tertiary/aromatic N) is 1. The van der Waals surface area contributed by atoms with E-state index in [-0.39, 0.29) is 18.8 Å². The molecule has 21 heavy (non-hydrogen) atoms. The molecule has 2 rings (SSSR count). The number of hydrogen-bond donors (Lipinski definition) is 2. The maximum atomic E-state index is 11.6. The Balaban J connectivity index is 2.15. The van der Waals surface area contributed by atoms with Crippen molar-refractivity contribution in [2.75, 3.05) is 31.1 Å². The highest BCUT2D eigenvalue weighted by Gasteiger charge is 2.36. The van der Waals surface area contributed by atoms with Crippen molar-refractivity contribution in [3.8, 4) is 0 Å². The summed E-state index contributed by atoms with van der Waals surface area (Å²) < 4.78 is 4.98. The number of nitrogens with one attached hydrogen (secondary N) is 1. The van der Waals surface area contributed by atoms with Gasteiger partial charge in [-0.1, -0.05) is 23.2 Å². The fourth-order valence-electron chi connectivity index (χ4n) is 2.67. The zero-order chi connectivity index (χ0) is 15.6. The van der Waals surface area contributed by atoms with E-state index in [0.717, 1.165) is 29.2 Å². The number of carbonyl (C=O) groups is 1. The molecule has 1 aromatic carbocycles. The van der Waals surface area contributed by atoms with Crippen molar-refractivity contribution in [3.63, 3.8) is 0 Å². The fourth-order valence-corrected chi connectivity index (χ4v) is 3.37. The second-order valence-corrected chi connectivity index (χ2v) is 5.93. The molecule has 3 N–H and O–H groups in total. The molecule has 0 bridgehead atoms. The maximum absolute atomic E-state index is 11.6. The van der Waals surface area contributed by atoms with Crippen LogP contribution in [0.2, 0.25) is 10.0 Å². The minimum Gasteiger partial charge on any atom is -0.462 e. The van der Waals surface area contributed by atoms with Gasteiger partial charge < -0.3 is 9.64 Å². The Kier molecular flexibility index (Phi) is 5.32. The lowest BCUT2D eigenvalue weighted by Gasteiger charge is -2.26. The van der Waals surface area contributed by atoms with Crippen molar-refractivity contribution in [3.05, 3.63) is 27.7 Å². The normalized spacial score (nSPS) is 21.7. The lowest BCUT2D eigenvalue weighted by molar-refractivity contribution is -0.903. The molecular formula is C14H20Cl2N3O2+. The van der Waals surface area contributed by atoms with Gasteiger partial charge >= 0.3 is 5.97 Å². The van der Waals surface area contributed by atoms with Crippen LogP contribution < -0.4 is 15.5 Å². The van der Waals surface area contributed by atoms with Gasteiger partial charge in [0.1, 0.15) is 0 Å². The van der Waals surface area contributed by atoms with Crippen LogP contribution in [0.1, 0.15) is 12.5 Å². The van der Waals surface area contributed by atoms with Crippen LogP contribution >= 0.6 is 23.2 Å². The number of nitrogens with two attached hydrogens (primary N) is 1. The summed E-state index contributed by atoms with van der Waals surface area (Å²) in [5.74, 6) is -0.233. The molecule has 1 aliphatic heterocycles. The SMILES string of the molecule is CCOC(=O)C[NH+]1CCN(c2c(C)cc(Cl)cc2Cl)C1N. The number of esters is 1. The van der Waals surface area contributed by atoms with Gasteiger partial charge in [0.2, 0.25) is 6.29 Å². The summed E-state index contributed by atoms with van der Waals surface area (Å²) in [5, 5.41) is 1.18. The average molecular weight is 333 g/mol. The van der Waals surface area contributed by atoms with Gasteiger partial charge in [0.15, 0.2) is 6.54 Å². The number of anilines is 1. The van der Waals surface area contributed by atoms with E-state index in [2.05, 4.69) is 0 Å². The standard InChI is InChI=1S/C14H19Cl2N3O2/c1-3-21-12(20)8-18-4-5-19(14(18)17)13-9(2)6-10(15)7-11(13)16/h6-7,14H,3-5,8,17H2,1-2H3/p+1. The molecule has 5 nitrogen and oxygen atoms in total. The van der Waals surface area contributed by atoms with Gasteiger partial charge in [0, 0.05) is 5.02 Å². The number of carbonyl (C=O) groups excluding carboxylic acids is 1. The van der Waals surface area contributed by atoms with Gasteiger partial charge in [-0.15, -0.1) is 0 Å². The first-order valence-corrected chi connectivity index (χ1v) is 7.67.